The number of carbonyl (C=O) groups is 1. The highest BCUT2D eigenvalue weighted by atomic mass is 35.5. The molecule has 3 aromatic rings. The first-order valence-electron chi connectivity index (χ1n) is 6.98. The van der Waals surface area contributed by atoms with Crippen LogP contribution in [-0.4, -0.2) is 16.1 Å². The number of halogens is 2. The van der Waals surface area contributed by atoms with Crippen LogP contribution in [0.2, 0.25) is 5.02 Å². The van der Waals surface area contributed by atoms with Crippen LogP contribution in [0, 0.1) is 19.7 Å². The largest absolute Gasteiger partial charge is 0.478 e. The zero-order valence-electron chi connectivity index (χ0n) is 12.5. The van der Waals surface area contributed by atoms with E-state index < -0.39 is 11.8 Å². The van der Waals surface area contributed by atoms with Crippen LogP contribution >= 0.6 is 11.6 Å². The van der Waals surface area contributed by atoms with Crippen molar-refractivity contribution >= 4 is 28.5 Å². The molecule has 0 unspecified atom stereocenters. The van der Waals surface area contributed by atoms with Gasteiger partial charge in [-0.05, 0) is 55.3 Å². The van der Waals surface area contributed by atoms with E-state index in [0.717, 1.165) is 5.56 Å². The lowest BCUT2D eigenvalue weighted by Crippen LogP contribution is -2.00. The van der Waals surface area contributed by atoms with Crippen molar-refractivity contribution in [1.29, 1.82) is 0 Å². The molecule has 0 aliphatic rings. The summed E-state index contributed by atoms with van der Waals surface area (Å²) in [7, 11) is 0. The molecular weight excluding hydrogens is 317 g/mol. The predicted molar refractivity (Wildman–Crippen MR) is 88.6 cm³/mol. The summed E-state index contributed by atoms with van der Waals surface area (Å²) in [6.45, 7) is 3.59. The molecule has 0 atom stereocenters. The minimum Gasteiger partial charge on any atom is -0.478 e. The monoisotopic (exact) mass is 329 g/mol. The fourth-order valence-corrected chi connectivity index (χ4v) is 2.98. The Balaban J connectivity index is 2.47. The van der Waals surface area contributed by atoms with E-state index >= 15 is 0 Å². The summed E-state index contributed by atoms with van der Waals surface area (Å²) in [5.41, 5.74) is 3.00. The van der Waals surface area contributed by atoms with Crippen molar-refractivity contribution in [2.45, 2.75) is 13.8 Å². The van der Waals surface area contributed by atoms with Crippen molar-refractivity contribution < 1.29 is 14.3 Å². The molecule has 3 nitrogen and oxygen atoms in total. The van der Waals surface area contributed by atoms with Crippen LogP contribution in [0.15, 0.2) is 36.4 Å². The predicted octanol–water partition coefficient (Wildman–Crippen LogP) is 5.01. The van der Waals surface area contributed by atoms with E-state index in [0.29, 0.717) is 22.2 Å². The molecule has 0 fully saturated rings. The SMILES string of the molecule is Cc1cc(-c2c(F)cccc2Cl)c2cc(C(=O)O)cc(C)c2n1. The average molecular weight is 330 g/mol. The third-order valence-electron chi connectivity index (χ3n) is 3.71. The summed E-state index contributed by atoms with van der Waals surface area (Å²) in [4.78, 5) is 15.8. The van der Waals surface area contributed by atoms with Crippen LogP contribution in [0.5, 0.6) is 0 Å². The number of rotatable bonds is 2. The summed E-state index contributed by atoms with van der Waals surface area (Å²) in [6, 6.07) is 9.26. The second kappa shape index (κ2) is 5.63. The van der Waals surface area contributed by atoms with Crippen molar-refractivity contribution in [2.24, 2.45) is 0 Å². The number of hydrogen-bond acceptors (Lipinski definition) is 2. The zero-order valence-corrected chi connectivity index (χ0v) is 13.3. The molecule has 1 aromatic heterocycles. The Morgan fingerprint density at radius 1 is 1.22 bits per heavy atom. The second-order valence-electron chi connectivity index (χ2n) is 5.40. The fraction of sp³-hybridized carbons (Fsp3) is 0.111. The van der Waals surface area contributed by atoms with Gasteiger partial charge in [0, 0.05) is 16.6 Å². The van der Waals surface area contributed by atoms with E-state index in [2.05, 4.69) is 4.98 Å². The molecule has 1 heterocycles. The van der Waals surface area contributed by atoms with Crippen molar-refractivity contribution in [3.05, 3.63) is 64.1 Å². The molecule has 0 radical (unpaired) electrons. The third-order valence-corrected chi connectivity index (χ3v) is 4.03. The normalized spacial score (nSPS) is 11.0. The van der Waals surface area contributed by atoms with Gasteiger partial charge in [0.2, 0.25) is 0 Å². The van der Waals surface area contributed by atoms with Gasteiger partial charge in [0.15, 0.2) is 0 Å². The highest BCUT2D eigenvalue weighted by Crippen LogP contribution is 2.36. The number of pyridine rings is 1. The number of carboxylic acids is 1. The molecule has 5 heteroatoms. The Bertz CT molecular complexity index is 933. The maximum Gasteiger partial charge on any atom is 0.335 e. The van der Waals surface area contributed by atoms with Crippen LogP contribution in [0.25, 0.3) is 22.0 Å². The Labute approximate surface area is 137 Å². The van der Waals surface area contributed by atoms with Gasteiger partial charge >= 0.3 is 5.97 Å². The number of benzene rings is 2. The number of fused-ring (bicyclic) bond motifs is 1. The first-order chi connectivity index (χ1) is 10.9. The molecule has 0 aliphatic heterocycles. The van der Waals surface area contributed by atoms with E-state index in [-0.39, 0.29) is 16.1 Å². The maximum absolute atomic E-state index is 14.3. The van der Waals surface area contributed by atoms with Crippen molar-refractivity contribution in [1.82, 2.24) is 4.98 Å². The van der Waals surface area contributed by atoms with Crippen LogP contribution in [0.1, 0.15) is 21.6 Å². The van der Waals surface area contributed by atoms with Crippen LogP contribution in [-0.2, 0) is 0 Å². The zero-order chi connectivity index (χ0) is 16.7. The number of carboxylic acid groups (broad SMARTS) is 1. The molecule has 1 N–H and O–H groups in total. The first-order valence-corrected chi connectivity index (χ1v) is 7.36. The summed E-state index contributed by atoms with van der Waals surface area (Å²) in [5.74, 6) is -1.50. The summed E-state index contributed by atoms with van der Waals surface area (Å²) >= 11 is 6.18. The van der Waals surface area contributed by atoms with Crippen LogP contribution in [0.4, 0.5) is 4.39 Å². The lowest BCUT2D eigenvalue weighted by Gasteiger charge is -2.13. The van der Waals surface area contributed by atoms with Gasteiger partial charge in [-0.2, -0.15) is 0 Å². The second-order valence-corrected chi connectivity index (χ2v) is 5.81. The molecule has 0 bridgehead atoms. The third kappa shape index (κ3) is 2.66. The number of aryl methyl sites for hydroxylation is 2. The van der Waals surface area contributed by atoms with E-state index in [9.17, 15) is 14.3 Å². The number of nitrogens with zero attached hydrogens (tertiary/aromatic N) is 1. The summed E-state index contributed by atoms with van der Waals surface area (Å²) in [6.07, 6.45) is 0. The lowest BCUT2D eigenvalue weighted by atomic mass is 9.96. The smallest absolute Gasteiger partial charge is 0.335 e. The van der Waals surface area contributed by atoms with Gasteiger partial charge in [-0.1, -0.05) is 17.7 Å². The van der Waals surface area contributed by atoms with Gasteiger partial charge < -0.3 is 5.11 Å². The molecule has 116 valence electrons. The average Bonchev–Trinajstić information content (AvgIpc) is 2.47. The molecule has 2 aromatic carbocycles. The van der Waals surface area contributed by atoms with Gasteiger partial charge in [-0.3, -0.25) is 4.98 Å². The Morgan fingerprint density at radius 3 is 2.61 bits per heavy atom. The molecule has 0 saturated heterocycles. The van der Waals surface area contributed by atoms with Crippen LogP contribution < -0.4 is 0 Å². The van der Waals surface area contributed by atoms with Gasteiger partial charge in [0.05, 0.1) is 16.1 Å². The highest BCUT2D eigenvalue weighted by Gasteiger charge is 2.17. The molecule has 3 rings (SSSR count). The first kappa shape index (κ1) is 15.4. The molecule has 0 saturated carbocycles. The van der Waals surface area contributed by atoms with E-state index in [4.69, 9.17) is 11.6 Å². The Kier molecular flexibility index (Phi) is 3.78. The van der Waals surface area contributed by atoms with E-state index in [1.165, 1.54) is 18.2 Å². The molecule has 0 spiro atoms. The van der Waals surface area contributed by atoms with Gasteiger partial charge in [-0.15, -0.1) is 0 Å². The Hall–Kier alpha value is -2.46. The Morgan fingerprint density at radius 2 is 1.96 bits per heavy atom. The lowest BCUT2D eigenvalue weighted by molar-refractivity contribution is 0.0697. The van der Waals surface area contributed by atoms with Crippen molar-refractivity contribution in [3.8, 4) is 11.1 Å². The minimum atomic E-state index is -1.04. The van der Waals surface area contributed by atoms with Crippen molar-refractivity contribution in [2.75, 3.05) is 0 Å². The van der Waals surface area contributed by atoms with Gasteiger partial charge in [0.25, 0.3) is 0 Å². The van der Waals surface area contributed by atoms with Gasteiger partial charge in [0.1, 0.15) is 5.82 Å². The molecule has 23 heavy (non-hydrogen) atoms. The topological polar surface area (TPSA) is 50.2 Å². The summed E-state index contributed by atoms with van der Waals surface area (Å²) in [5, 5.41) is 10.1. The van der Waals surface area contributed by atoms with Crippen LogP contribution in [0.3, 0.4) is 0 Å². The minimum absolute atomic E-state index is 0.134. The van der Waals surface area contributed by atoms with Gasteiger partial charge in [-0.25, -0.2) is 9.18 Å². The van der Waals surface area contributed by atoms with E-state index in [1.807, 2.05) is 6.92 Å². The number of aromatic carboxylic acids is 1. The standard InChI is InChI=1S/C18H13ClFNO2/c1-9-6-11(18(22)23)8-13-12(7-10(2)21-17(9)13)16-14(19)4-3-5-15(16)20/h3-8H,1-2H3,(H,22,23). The molecule has 0 aliphatic carbocycles. The maximum atomic E-state index is 14.3. The molecule has 0 amide bonds. The van der Waals surface area contributed by atoms with Crippen molar-refractivity contribution in [3.63, 3.8) is 0 Å². The highest BCUT2D eigenvalue weighted by molar-refractivity contribution is 6.33. The molecular formula is C18H13ClFNO2. The van der Waals surface area contributed by atoms with E-state index in [1.54, 1.807) is 25.1 Å². The summed E-state index contributed by atoms with van der Waals surface area (Å²) < 4.78 is 14.3. The number of aromatic nitrogens is 1. The quantitative estimate of drug-likeness (QED) is 0.719. The fourth-order valence-electron chi connectivity index (χ4n) is 2.71. The number of hydrogen-bond donors (Lipinski definition) is 1.